The Morgan fingerprint density at radius 2 is 2.20 bits per heavy atom. The number of rotatable bonds is 4. The largest absolute Gasteiger partial charge is 0.480 e. The van der Waals surface area contributed by atoms with E-state index < -0.39 is 18.6 Å². The average molecular weight is 215 g/mol. The molecule has 0 heterocycles. The van der Waals surface area contributed by atoms with Crippen LogP contribution in [0.5, 0.6) is 0 Å². The van der Waals surface area contributed by atoms with Gasteiger partial charge < -0.3 is 20.9 Å². The maximum absolute atomic E-state index is 10.9. The fraction of sp³-hybridized carbons (Fsp3) is 0.889. The van der Waals surface area contributed by atoms with E-state index in [0.717, 1.165) is 12.8 Å². The summed E-state index contributed by atoms with van der Waals surface area (Å²) in [5.41, 5.74) is 4.67. The third-order valence-corrected chi connectivity index (χ3v) is 3.15. The molecule has 1 aliphatic carbocycles. The van der Waals surface area contributed by atoms with E-state index in [9.17, 15) is 4.79 Å². The van der Waals surface area contributed by atoms with Crippen molar-refractivity contribution in [3.63, 3.8) is 0 Å². The van der Waals surface area contributed by atoms with Crippen LogP contribution in [0.25, 0.3) is 0 Å². The number of aliphatic carboxylic acids is 1. The highest BCUT2D eigenvalue weighted by atomic mass is 16.4. The van der Waals surface area contributed by atoms with E-state index in [1.165, 1.54) is 0 Å². The van der Waals surface area contributed by atoms with Gasteiger partial charge in [-0.1, -0.05) is 19.3 Å². The number of carboxylic acid groups (broad SMARTS) is 1. The van der Waals surface area contributed by atoms with Crippen LogP contribution in [-0.4, -0.2) is 33.8 Å². The van der Waals surface area contributed by atoms with Gasteiger partial charge in [0.05, 0.1) is 0 Å². The Bertz CT molecular complexity index is 236. The molecule has 0 aromatic rings. The quantitative estimate of drug-likeness (QED) is 0.487. The summed E-state index contributed by atoms with van der Waals surface area (Å²) in [5, 5.41) is 26.4. The van der Waals surface area contributed by atoms with Crippen molar-refractivity contribution in [1.29, 1.82) is 0 Å². The number of carboxylic acids is 1. The molecule has 0 aromatic heterocycles. The Labute approximate surface area is 89.4 Å². The zero-order valence-electron chi connectivity index (χ0n) is 8.72. The van der Waals surface area contributed by atoms with Crippen molar-refractivity contribution in [2.75, 3.05) is 0 Å². The van der Waals surface area contributed by atoms with Crippen LogP contribution < -0.4 is 5.73 Å². The smallest absolute Gasteiger partial charge is 0.451 e. The molecule has 0 saturated heterocycles. The molecule has 5 N–H and O–H groups in total. The summed E-state index contributed by atoms with van der Waals surface area (Å²) in [4.78, 5) is 10.9. The molecular formula is C9H18BNO4. The third-order valence-electron chi connectivity index (χ3n) is 3.15. The second kappa shape index (κ2) is 4.96. The van der Waals surface area contributed by atoms with E-state index in [-0.39, 0.29) is 5.92 Å². The number of hydrogen-bond acceptors (Lipinski definition) is 4. The second-order valence-corrected chi connectivity index (χ2v) is 4.48. The molecule has 2 atom stereocenters. The van der Waals surface area contributed by atoms with Gasteiger partial charge in [0, 0.05) is 0 Å². The third kappa shape index (κ3) is 3.48. The van der Waals surface area contributed by atoms with Gasteiger partial charge >= 0.3 is 13.1 Å². The molecule has 1 saturated carbocycles. The van der Waals surface area contributed by atoms with Crippen molar-refractivity contribution in [1.82, 2.24) is 0 Å². The fourth-order valence-corrected chi connectivity index (χ4v) is 2.25. The van der Waals surface area contributed by atoms with Gasteiger partial charge in [0.2, 0.25) is 0 Å². The first-order valence-electron chi connectivity index (χ1n) is 5.32. The van der Waals surface area contributed by atoms with Gasteiger partial charge in [-0.3, -0.25) is 4.79 Å². The van der Waals surface area contributed by atoms with Gasteiger partial charge in [-0.25, -0.2) is 0 Å². The molecule has 0 spiro atoms. The molecule has 5 nitrogen and oxygen atoms in total. The Balaban J connectivity index is 2.45. The Morgan fingerprint density at radius 3 is 2.73 bits per heavy atom. The summed E-state index contributed by atoms with van der Waals surface area (Å²) < 4.78 is 0. The maximum atomic E-state index is 10.9. The van der Waals surface area contributed by atoms with Gasteiger partial charge in [0.1, 0.15) is 5.54 Å². The van der Waals surface area contributed by atoms with E-state index in [1.54, 1.807) is 0 Å². The topological polar surface area (TPSA) is 104 Å². The van der Waals surface area contributed by atoms with Crippen molar-refractivity contribution in [2.24, 2.45) is 11.7 Å². The lowest BCUT2D eigenvalue weighted by atomic mass is 9.71. The summed E-state index contributed by atoms with van der Waals surface area (Å²) in [6, 6.07) is 0. The monoisotopic (exact) mass is 215 g/mol. The molecule has 0 unspecified atom stereocenters. The van der Waals surface area contributed by atoms with Crippen LogP contribution in [0, 0.1) is 5.92 Å². The van der Waals surface area contributed by atoms with E-state index in [0.29, 0.717) is 25.6 Å². The lowest BCUT2D eigenvalue weighted by molar-refractivity contribution is -0.145. The van der Waals surface area contributed by atoms with E-state index >= 15 is 0 Å². The molecule has 1 fully saturated rings. The summed E-state index contributed by atoms with van der Waals surface area (Å²) in [7, 11) is -1.30. The summed E-state index contributed by atoms with van der Waals surface area (Å²) >= 11 is 0. The van der Waals surface area contributed by atoms with Crippen molar-refractivity contribution >= 4 is 13.1 Å². The number of carbonyl (C=O) groups is 1. The first-order valence-corrected chi connectivity index (χ1v) is 5.32. The molecule has 0 aliphatic heterocycles. The lowest BCUT2D eigenvalue weighted by Gasteiger charge is -2.34. The predicted octanol–water partition coefficient (Wildman–Crippen LogP) is -0.178. The molecular weight excluding hydrogens is 197 g/mol. The highest BCUT2D eigenvalue weighted by Gasteiger charge is 2.39. The molecule has 15 heavy (non-hydrogen) atoms. The molecule has 0 bridgehead atoms. The SMILES string of the molecule is N[C@@]1(C(=O)O)CCC[C@@H](CCB(O)O)C1. The highest BCUT2D eigenvalue weighted by molar-refractivity contribution is 6.40. The van der Waals surface area contributed by atoms with E-state index in [1.807, 2.05) is 0 Å². The van der Waals surface area contributed by atoms with Gasteiger partial charge in [0.25, 0.3) is 0 Å². The first kappa shape index (κ1) is 12.5. The van der Waals surface area contributed by atoms with Crippen LogP contribution >= 0.6 is 0 Å². The van der Waals surface area contributed by atoms with Crippen molar-refractivity contribution in [2.45, 2.75) is 44.0 Å². The average Bonchev–Trinajstić information content (AvgIpc) is 2.15. The molecule has 86 valence electrons. The Hall–Kier alpha value is -0.585. The van der Waals surface area contributed by atoms with Crippen LogP contribution in [0.1, 0.15) is 32.1 Å². The van der Waals surface area contributed by atoms with Crippen molar-refractivity contribution in [3.8, 4) is 0 Å². The molecule has 0 radical (unpaired) electrons. The maximum Gasteiger partial charge on any atom is 0.451 e. The highest BCUT2D eigenvalue weighted by Crippen LogP contribution is 2.33. The molecule has 1 aliphatic rings. The van der Waals surface area contributed by atoms with Gasteiger partial charge in [-0.15, -0.1) is 0 Å². The molecule has 0 amide bonds. The first-order chi connectivity index (χ1) is 6.94. The Morgan fingerprint density at radius 1 is 1.53 bits per heavy atom. The van der Waals surface area contributed by atoms with Crippen molar-refractivity contribution < 1.29 is 19.9 Å². The lowest BCUT2D eigenvalue weighted by Crippen LogP contribution is -2.51. The molecule has 6 heteroatoms. The molecule has 0 aromatic carbocycles. The minimum Gasteiger partial charge on any atom is -0.480 e. The van der Waals surface area contributed by atoms with Crippen LogP contribution in [0.4, 0.5) is 0 Å². The van der Waals surface area contributed by atoms with Gasteiger partial charge in [-0.2, -0.15) is 0 Å². The summed E-state index contributed by atoms with van der Waals surface area (Å²) in [6.07, 6.45) is 3.60. The van der Waals surface area contributed by atoms with Gasteiger partial charge in [0.15, 0.2) is 0 Å². The van der Waals surface area contributed by atoms with Crippen LogP contribution in [0.15, 0.2) is 0 Å². The minimum atomic E-state index is -1.30. The van der Waals surface area contributed by atoms with Crippen molar-refractivity contribution in [3.05, 3.63) is 0 Å². The normalized spacial score (nSPS) is 31.3. The summed E-state index contributed by atoms with van der Waals surface area (Å²) in [5.74, 6) is -0.751. The second-order valence-electron chi connectivity index (χ2n) is 4.48. The van der Waals surface area contributed by atoms with Crippen LogP contribution in [-0.2, 0) is 4.79 Å². The standard InChI is InChI=1S/C9H18BNO4/c11-9(8(12)13)4-1-2-7(6-9)3-5-10(14)15/h7,14-15H,1-6,11H2,(H,12,13)/t7-,9-/m0/s1. The van der Waals surface area contributed by atoms with Gasteiger partial charge in [-0.05, 0) is 25.1 Å². The predicted molar refractivity (Wildman–Crippen MR) is 56.1 cm³/mol. The minimum absolute atomic E-state index is 0.196. The zero-order valence-corrected chi connectivity index (χ0v) is 8.72. The zero-order chi connectivity index (χ0) is 11.5. The number of nitrogens with two attached hydrogens (primary N) is 1. The van der Waals surface area contributed by atoms with E-state index in [4.69, 9.17) is 20.9 Å². The summed E-state index contributed by atoms with van der Waals surface area (Å²) in [6.45, 7) is 0. The Kier molecular flexibility index (Phi) is 4.13. The fourth-order valence-electron chi connectivity index (χ4n) is 2.25. The molecule has 1 rings (SSSR count). The van der Waals surface area contributed by atoms with Crippen LogP contribution in [0.3, 0.4) is 0 Å². The van der Waals surface area contributed by atoms with E-state index in [2.05, 4.69) is 0 Å². The van der Waals surface area contributed by atoms with Crippen LogP contribution in [0.2, 0.25) is 6.32 Å². The number of hydrogen-bond donors (Lipinski definition) is 4.